The molecule has 2 aromatic carbocycles. The molecule has 0 bridgehead atoms. The van der Waals surface area contributed by atoms with E-state index in [1.54, 1.807) is 12.1 Å². The monoisotopic (exact) mass is 490 g/mol. The van der Waals surface area contributed by atoms with Gasteiger partial charge in [-0.3, -0.25) is 9.69 Å². The first-order chi connectivity index (χ1) is 16.9. The van der Waals surface area contributed by atoms with Gasteiger partial charge < -0.3 is 4.98 Å². The summed E-state index contributed by atoms with van der Waals surface area (Å²) in [5.74, 6) is 0.601. The molecule has 0 unspecified atom stereocenters. The molecule has 1 atom stereocenters. The molecule has 4 aromatic rings. The number of nitrogens with one attached hydrogen (secondary N) is 1. The van der Waals surface area contributed by atoms with E-state index in [0.717, 1.165) is 27.9 Å². The summed E-state index contributed by atoms with van der Waals surface area (Å²) in [4.78, 5) is 18.5. The van der Waals surface area contributed by atoms with Crippen LogP contribution in [0.4, 0.5) is 4.39 Å². The van der Waals surface area contributed by atoms with Crippen LogP contribution in [0.25, 0.3) is 10.9 Å². The summed E-state index contributed by atoms with van der Waals surface area (Å²) in [5.41, 5.74) is 4.31. The molecule has 0 aliphatic carbocycles. The molecule has 190 valence electrons. The van der Waals surface area contributed by atoms with Gasteiger partial charge in [-0.25, -0.2) is 9.07 Å². The van der Waals surface area contributed by atoms with Gasteiger partial charge in [0.1, 0.15) is 5.82 Å². The van der Waals surface area contributed by atoms with Crippen molar-refractivity contribution in [3.8, 4) is 0 Å². The molecular formula is C28H35FN6O. The lowest BCUT2D eigenvalue weighted by atomic mass is 9.98. The smallest absolute Gasteiger partial charge is 0.252 e. The molecule has 0 amide bonds. The second-order valence-corrected chi connectivity index (χ2v) is 11.0. The van der Waals surface area contributed by atoms with Crippen LogP contribution in [0.5, 0.6) is 0 Å². The summed E-state index contributed by atoms with van der Waals surface area (Å²) < 4.78 is 15.5. The predicted molar refractivity (Wildman–Crippen MR) is 140 cm³/mol. The zero-order valence-corrected chi connectivity index (χ0v) is 22.1. The van der Waals surface area contributed by atoms with E-state index in [2.05, 4.69) is 73.0 Å². The fraction of sp³-hybridized carbons (Fsp3) is 0.429. The van der Waals surface area contributed by atoms with Crippen LogP contribution >= 0.6 is 0 Å². The minimum Gasteiger partial charge on any atom is -0.322 e. The van der Waals surface area contributed by atoms with E-state index in [1.807, 2.05) is 23.7 Å². The Bertz CT molecular complexity index is 1410. The Kier molecular flexibility index (Phi) is 7.09. The maximum Gasteiger partial charge on any atom is 0.252 e. The Morgan fingerprint density at radius 1 is 1.03 bits per heavy atom. The highest BCUT2D eigenvalue weighted by Crippen LogP contribution is 2.32. The van der Waals surface area contributed by atoms with Crippen LogP contribution in [0.3, 0.4) is 0 Å². The van der Waals surface area contributed by atoms with Gasteiger partial charge in [0.15, 0.2) is 5.82 Å². The first kappa shape index (κ1) is 25.7. The summed E-state index contributed by atoms with van der Waals surface area (Å²) in [6.07, 6.45) is 0. The number of pyridine rings is 1. The van der Waals surface area contributed by atoms with E-state index in [4.69, 9.17) is 0 Å². The molecule has 0 radical (unpaired) electrons. The Balaban J connectivity index is 1.82. The number of H-pyrrole nitrogens is 1. The molecule has 8 heteroatoms. The van der Waals surface area contributed by atoms with E-state index in [0.29, 0.717) is 18.7 Å². The fourth-order valence-corrected chi connectivity index (χ4v) is 4.67. The third-order valence-electron chi connectivity index (χ3n) is 6.63. The van der Waals surface area contributed by atoms with Crippen LogP contribution in [0.1, 0.15) is 68.7 Å². The Labute approximate surface area is 211 Å². The lowest BCUT2D eigenvalue weighted by Crippen LogP contribution is -2.37. The molecule has 2 aromatic heterocycles. The van der Waals surface area contributed by atoms with Crippen molar-refractivity contribution >= 4 is 10.9 Å². The van der Waals surface area contributed by atoms with Crippen molar-refractivity contribution in [2.75, 3.05) is 0 Å². The van der Waals surface area contributed by atoms with Crippen LogP contribution < -0.4 is 5.56 Å². The normalized spacial score (nSPS) is 13.2. The maximum atomic E-state index is 13.6. The minimum atomic E-state index is -0.316. The maximum absolute atomic E-state index is 13.6. The molecule has 7 nitrogen and oxygen atoms in total. The predicted octanol–water partition coefficient (Wildman–Crippen LogP) is 5.43. The van der Waals surface area contributed by atoms with Crippen LogP contribution in [-0.2, 0) is 18.6 Å². The lowest BCUT2D eigenvalue weighted by Gasteiger charge is -2.35. The van der Waals surface area contributed by atoms with Gasteiger partial charge in [0.25, 0.3) is 5.56 Å². The number of nitrogens with zero attached hydrogens (tertiary/aromatic N) is 5. The molecule has 0 aliphatic rings. The molecular weight excluding hydrogens is 455 g/mol. The summed E-state index contributed by atoms with van der Waals surface area (Å²) in [5, 5.41) is 13.7. The Morgan fingerprint density at radius 2 is 1.69 bits per heavy atom. The average molecular weight is 491 g/mol. The Hall–Kier alpha value is -3.39. The molecule has 2 heterocycles. The number of aryl methyl sites for hydroxylation is 2. The summed E-state index contributed by atoms with van der Waals surface area (Å²) in [6.45, 7) is 15.4. The van der Waals surface area contributed by atoms with E-state index >= 15 is 0 Å². The number of hydrogen-bond acceptors (Lipinski definition) is 5. The van der Waals surface area contributed by atoms with Gasteiger partial charge >= 0.3 is 0 Å². The van der Waals surface area contributed by atoms with Crippen LogP contribution in [0.15, 0.2) is 47.3 Å². The van der Waals surface area contributed by atoms with Gasteiger partial charge in [-0.2, -0.15) is 0 Å². The van der Waals surface area contributed by atoms with Crippen molar-refractivity contribution in [3.05, 3.63) is 86.7 Å². The highest BCUT2D eigenvalue weighted by atomic mass is 19.1. The third-order valence-corrected chi connectivity index (χ3v) is 6.63. The van der Waals surface area contributed by atoms with E-state index in [-0.39, 0.29) is 28.9 Å². The summed E-state index contributed by atoms with van der Waals surface area (Å²) in [6, 6.07) is 12.4. The zero-order chi connectivity index (χ0) is 26.2. The van der Waals surface area contributed by atoms with E-state index < -0.39 is 0 Å². The largest absolute Gasteiger partial charge is 0.322 e. The zero-order valence-electron chi connectivity index (χ0n) is 22.1. The minimum absolute atomic E-state index is 0.118. The number of tetrazole rings is 1. The van der Waals surface area contributed by atoms with Gasteiger partial charge in [-0.1, -0.05) is 26.0 Å². The molecule has 0 spiro atoms. The van der Waals surface area contributed by atoms with Crippen molar-refractivity contribution in [1.29, 1.82) is 0 Å². The van der Waals surface area contributed by atoms with Crippen LogP contribution in [0, 0.1) is 25.6 Å². The van der Waals surface area contributed by atoms with Crippen molar-refractivity contribution in [2.24, 2.45) is 5.92 Å². The number of benzene rings is 2. The standard InChI is InChI=1S/C28H35FN6O/c1-17(2)25(26-31-32-33-35(26)28(5,6)7)34(15-20-8-10-23(29)11-9-20)16-22-14-21-12-18(3)19(4)13-24(21)30-27(22)36/h8-14,17,25H,15-16H2,1-7H3,(H,30,36)/t25-/m0/s1. The van der Waals surface area contributed by atoms with Gasteiger partial charge in [-0.15, -0.1) is 5.10 Å². The quantitative estimate of drug-likeness (QED) is 0.374. The highest BCUT2D eigenvalue weighted by molar-refractivity contribution is 5.80. The second-order valence-electron chi connectivity index (χ2n) is 11.0. The highest BCUT2D eigenvalue weighted by Gasteiger charge is 2.33. The first-order valence-corrected chi connectivity index (χ1v) is 12.3. The second kappa shape index (κ2) is 9.93. The molecule has 4 rings (SSSR count). The number of fused-ring (bicyclic) bond motifs is 1. The van der Waals surface area contributed by atoms with Gasteiger partial charge in [0, 0.05) is 24.2 Å². The van der Waals surface area contributed by atoms with E-state index in [1.165, 1.54) is 17.7 Å². The third kappa shape index (κ3) is 5.38. The van der Waals surface area contributed by atoms with Crippen LogP contribution in [-0.4, -0.2) is 30.1 Å². The fourth-order valence-electron chi connectivity index (χ4n) is 4.67. The molecule has 0 aliphatic heterocycles. The van der Waals surface area contributed by atoms with Gasteiger partial charge in [-0.05, 0) is 103 Å². The van der Waals surface area contributed by atoms with Gasteiger partial charge in [0.05, 0.1) is 11.6 Å². The number of hydrogen-bond donors (Lipinski definition) is 1. The summed E-state index contributed by atoms with van der Waals surface area (Å²) in [7, 11) is 0. The SMILES string of the molecule is Cc1cc2cc(CN(Cc3ccc(F)cc3)[C@H](c3nnnn3C(C)(C)C)C(C)C)c(=O)[nH]c2cc1C. The Morgan fingerprint density at radius 3 is 2.33 bits per heavy atom. The number of aromatic amines is 1. The van der Waals surface area contributed by atoms with E-state index in [9.17, 15) is 9.18 Å². The number of rotatable bonds is 7. The van der Waals surface area contributed by atoms with Crippen molar-refractivity contribution in [3.63, 3.8) is 0 Å². The molecule has 1 N–H and O–H groups in total. The number of aromatic nitrogens is 5. The molecule has 0 saturated heterocycles. The van der Waals surface area contributed by atoms with Crippen LogP contribution in [0.2, 0.25) is 0 Å². The molecule has 36 heavy (non-hydrogen) atoms. The van der Waals surface area contributed by atoms with Crippen molar-refractivity contribution < 1.29 is 4.39 Å². The molecule has 0 saturated carbocycles. The summed E-state index contributed by atoms with van der Waals surface area (Å²) >= 11 is 0. The average Bonchev–Trinajstić information content (AvgIpc) is 3.27. The van der Waals surface area contributed by atoms with Crippen molar-refractivity contribution in [1.82, 2.24) is 30.1 Å². The van der Waals surface area contributed by atoms with Crippen molar-refractivity contribution in [2.45, 2.75) is 73.1 Å². The molecule has 0 fully saturated rings. The van der Waals surface area contributed by atoms with Gasteiger partial charge in [0.2, 0.25) is 0 Å². The number of halogens is 1. The first-order valence-electron chi connectivity index (χ1n) is 12.3. The topological polar surface area (TPSA) is 79.7 Å². The lowest BCUT2D eigenvalue weighted by molar-refractivity contribution is 0.119.